The quantitative estimate of drug-likeness (QED) is 0.784. The molecule has 1 aromatic carbocycles. The molecule has 0 heterocycles. The Morgan fingerprint density at radius 2 is 1.71 bits per heavy atom. The first-order chi connectivity index (χ1) is 7.94. The van der Waals surface area contributed by atoms with Gasteiger partial charge in [-0.3, -0.25) is 0 Å². The summed E-state index contributed by atoms with van der Waals surface area (Å²) in [7, 11) is 0. The molecule has 0 unspecified atom stereocenters. The van der Waals surface area contributed by atoms with Gasteiger partial charge < -0.3 is 5.73 Å². The number of nitrogens with two attached hydrogens (primary N) is 1. The highest BCUT2D eigenvalue weighted by Crippen LogP contribution is 2.71. The molecular weight excluding hydrogens is 206 g/mol. The molecule has 2 aliphatic carbocycles. The summed E-state index contributed by atoms with van der Waals surface area (Å²) < 4.78 is 0. The van der Waals surface area contributed by atoms with Crippen LogP contribution in [0.1, 0.15) is 45.6 Å². The van der Waals surface area contributed by atoms with E-state index >= 15 is 0 Å². The molecule has 0 aliphatic heterocycles. The average molecular weight is 229 g/mol. The smallest absolute Gasteiger partial charge is 0.0107 e. The van der Waals surface area contributed by atoms with Gasteiger partial charge in [0.05, 0.1) is 0 Å². The van der Waals surface area contributed by atoms with Crippen molar-refractivity contribution in [1.29, 1.82) is 0 Å². The molecule has 0 saturated heterocycles. The molecule has 3 atom stereocenters. The van der Waals surface area contributed by atoms with E-state index in [0.717, 1.165) is 6.42 Å². The molecule has 2 N–H and O–H groups in total. The SMILES string of the molecule is CC1(C)[C@@]2(c3ccccc3)CC[C@]1(C)[C@@H](N)C2. The Hall–Kier alpha value is -0.820. The second kappa shape index (κ2) is 3.14. The van der Waals surface area contributed by atoms with Crippen molar-refractivity contribution in [3.8, 4) is 0 Å². The molecule has 1 aromatic rings. The van der Waals surface area contributed by atoms with Gasteiger partial charge in [-0.05, 0) is 35.7 Å². The molecular formula is C16H23N. The van der Waals surface area contributed by atoms with E-state index in [-0.39, 0.29) is 0 Å². The standard InChI is InChI=1S/C16H23N/c1-14(2)15(3)9-10-16(14,11-13(15)17)12-7-5-4-6-8-12/h4-8,13H,9-11,17H2,1-3H3/t13-,15+,16-/m0/s1. The molecule has 0 spiro atoms. The summed E-state index contributed by atoms with van der Waals surface area (Å²) in [5.74, 6) is 0. The molecule has 1 nitrogen and oxygen atoms in total. The second-order valence-electron chi connectivity index (χ2n) is 6.80. The van der Waals surface area contributed by atoms with Crippen molar-refractivity contribution in [3.05, 3.63) is 35.9 Å². The van der Waals surface area contributed by atoms with E-state index in [2.05, 4.69) is 51.1 Å². The van der Waals surface area contributed by atoms with Crippen LogP contribution in [0.15, 0.2) is 30.3 Å². The Morgan fingerprint density at radius 3 is 2.18 bits per heavy atom. The van der Waals surface area contributed by atoms with Gasteiger partial charge in [0, 0.05) is 11.5 Å². The Bertz CT molecular complexity index is 436. The summed E-state index contributed by atoms with van der Waals surface area (Å²) in [6.07, 6.45) is 3.73. The number of fused-ring (bicyclic) bond motifs is 2. The summed E-state index contributed by atoms with van der Waals surface area (Å²) in [6.45, 7) is 7.26. The van der Waals surface area contributed by atoms with Gasteiger partial charge in [-0.25, -0.2) is 0 Å². The molecule has 1 heteroatoms. The Kier molecular flexibility index (Phi) is 2.08. The molecule has 2 saturated carbocycles. The van der Waals surface area contributed by atoms with Crippen molar-refractivity contribution < 1.29 is 0 Å². The monoisotopic (exact) mass is 229 g/mol. The van der Waals surface area contributed by atoms with E-state index < -0.39 is 0 Å². The Morgan fingerprint density at radius 1 is 1.06 bits per heavy atom. The largest absolute Gasteiger partial charge is 0.327 e. The minimum absolute atomic E-state index is 0.306. The molecule has 0 amide bonds. The minimum Gasteiger partial charge on any atom is -0.327 e. The van der Waals surface area contributed by atoms with E-state index in [0.29, 0.717) is 22.3 Å². The van der Waals surface area contributed by atoms with E-state index in [4.69, 9.17) is 5.73 Å². The maximum absolute atomic E-state index is 6.45. The second-order valence-corrected chi connectivity index (χ2v) is 6.80. The lowest BCUT2D eigenvalue weighted by Crippen LogP contribution is -2.41. The van der Waals surface area contributed by atoms with Gasteiger partial charge in [0.15, 0.2) is 0 Å². The lowest BCUT2D eigenvalue weighted by Gasteiger charge is -2.42. The first-order valence-corrected chi connectivity index (χ1v) is 6.75. The summed E-state index contributed by atoms with van der Waals surface area (Å²) >= 11 is 0. The summed E-state index contributed by atoms with van der Waals surface area (Å²) in [5, 5.41) is 0. The molecule has 0 radical (unpaired) electrons. The number of benzene rings is 1. The molecule has 17 heavy (non-hydrogen) atoms. The van der Waals surface area contributed by atoms with Crippen LogP contribution in [0.2, 0.25) is 0 Å². The van der Waals surface area contributed by atoms with Gasteiger partial charge >= 0.3 is 0 Å². The van der Waals surface area contributed by atoms with Gasteiger partial charge in [0.25, 0.3) is 0 Å². The highest BCUT2D eigenvalue weighted by atomic mass is 14.8. The number of rotatable bonds is 1. The predicted molar refractivity (Wildman–Crippen MR) is 71.8 cm³/mol. The van der Waals surface area contributed by atoms with Gasteiger partial charge in [-0.2, -0.15) is 0 Å². The lowest BCUT2D eigenvalue weighted by atomic mass is 9.62. The van der Waals surface area contributed by atoms with Crippen LogP contribution in [0, 0.1) is 10.8 Å². The highest BCUT2D eigenvalue weighted by molar-refractivity contribution is 5.37. The number of hydrogen-bond donors (Lipinski definition) is 1. The molecule has 0 aromatic heterocycles. The molecule has 2 fully saturated rings. The fourth-order valence-electron chi connectivity index (χ4n) is 4.63. The van der Waals surface area contributed by atoms with E-state index in [9.17, 15) is 0 Å². The van der Waals surface area contributed by atoms with Crippen LogP contribution in [-0.2, 0) is 5.41 Å². The third-order valence-electron chi connectivity index (χ3n) is 6.41. The lowest BCUT2D eigenvalue weighted by molar-refractivity contribution is 0.123. The van der Waals surface area contributed by atoms with Crippen LogP contribution >= 0.6 is 0 Å². The van der Waals surface area contributed by atoms with E-state index in [1.54, 1.807) is 0 Å². The average Bonchev–Trinajstić information content (AvgIpc) is 2.61. The van der Waals surface area contributed by atoms with Crippen molar-refractivity contribution in [3.63, 3.8) is 0 Å². The van der Waals surface area contributed by atoms with Crippen LogP contribution < -0.4 is 5.73 Å². The third kappa shape index (κ3) is 1.09. The maximum Gasteiger partial charge on any atom is 0.0107 e. The highest BCUT2D eigenvalue weighted by Gasteiger charge is 2.68. The molecule has 92 valence electrons. The summed E-state index contributed by atoms with van der Waals surface area (Å²) in [4.78, 5) is 0. The molecule has 2 aliphatic rings. The maximum atomic E-state index is 6.45. The first-order valence-electron chi connectivity index (χ1n) is 6.75. The zero-order valence-corrected chi connectivity index (χ0v) is 11.2. The normalized spacial score (nSPS) is 42.9. The Balaban J connectivity index is 2.17. The van der Waals surface area contributed by atoms with Crippen molar-refractivity contribution in [1.82, 2.24) is 0 Å². The fourth-order valence-corrected chi connectivity index (χ4v) is 4.63. The van der Waals surface area contributed by atoms with Gasteiger partial charge in [0.2, 0.25) is 0 Å². The first kappa shape index (κ1) is 11.3. The van der Waals surface area contributed by atoms with Gasteiger partial charge in [-0.15, -0.1) is 0 Å². The van der Waals surface area contributed by atoms with Crippen molar-refractivity contribution >= 4 is 0 Å². The topological polar surface area (TPSA) is 26.0 Å². The fraction of sp³-hybridized carbons (Fsp3) is 0.625. The van der Waals surface area contributed by atoms with Gasteiger partial charge in [0.1, 0.15) is 0 Å². The zero-order valence-electron chi connectivity index (χ0n) is 11.2. The van der Waals surface area contributed by atoms with E-state index in [1.165, 1.54) is 18.4 Å². The Labute approximate surface area is 104 Å². The van der Waals surface area contributed by atoms with Crippen molar-refractivity contribution in [2.45, 2.75) is 51.5 Å². The van der Waals surface area contributed by atoms with Gasteiger partial charge in [-0.1, -0.05) is 51.1 Å². The van der Waals surface area contributed by atoms with Crippen LogP contribution in [-0.4, -0.2) is 6.04 Å². The van der Waals surface area contributed by atoms with Crippen LogP contribution in [0.5, 0.6) is 0 Å². The third-order valence-corrected chi connectivity index (χ3v) is 6.41. The van der Waals surface area contributed by atoms with Crippen molar-refractivity contribution in [2.75, 3.05) is 0 Å². The molecule has 2 bridgehead atoms. The summed E-state index contributed by atoms with van der Waals surface area (Å²) in [5.41, 5.74) is 8.88. The summed E-state index contributed by atoms with van der Waals surface area (Å²) in [6, 6.07) is 11.4. The van der Waals surface area contributed by atoms with E-state index in [1.807, 2.05) is 0 Å². The molecule has 3 rings (SSSR count). The number of hydrogen-bond acceptors (Lipinski definition) is 1. The minimum atomic E-state index is 0.306. The van der Waals surface area contributed by atoms with Crippen LogP contribution in [0.4, 0.5) is 0 Å². The predicted octanol–water partition coefficient (Wildman–Crippen LogP) is 3.48. The van der Waals surface area contributed by atoms with Crippen LogP contribution in [0.25, 0.3) is 0 Å². The zero-order chi connectivity index (χ0) is 12.3. The van der Waals surface area contributed by atoms with Crippen LogP contribution in [0.3, 0.4) is 0 Å². The van der Waals surface area contributed by atoms with Crippen molar-refractivity contribution in [2.24, 2.45) is 16.6 Å².